The third-order valence-electron chi connectivity index (χ3n) is 3.79. The maximum absolute atomic E-state index is 12.3. The second kappa shape index (κ2) is 5.97. The summed E-state index contributed by atoms with van der Waals surface area (Å²) in [7, 11) is 0. The van der Waals surface area contributed by atoms with Gasteiger partial charge in [0.1, 0.15) is 5.78 Å². The number of nitrogens with zero attached hydrogens (tertiary/aromatic N) is 1. The third-order valence-corrected chi connectivity index (χ3v) is 3.79. The Morgan fingerprint density at radius 2 is 1.79 bits per heavy atom. The topological polar surface area (TPSA) is 63.4 Å². The van der Waals surface area contributed by atoms with Crippen LogP contribution in [0, 0.1) is 5.92 Å². The Labute approximate surface area is 113 Å². The zero-order valence-electron chi connectivity index (χ0n) is 11.3. The molecule has 4 nitrogen and oxygen atoms in total. The minimum atomic E-state index is 0.0468. The predicted octanol–water partition coefficient (Wildman–Crippen LogP) is 1.59. The summed E-state index contributed by atoms with van der Waals surface area (Å²) in [6, 6.07) is 7.41. The number of ketones is 1. The summed E-state index contributed by atoms with van der Waals surface area (Å²) in [4.78, 5) is 25.4. The average molecular weight is 260 g/mol. The number of amides is 1. The third kappa shape index (κ3) is 3.20. The van der Waals surface area contributed by atoms with Crippen LogP contribution in [0.1, 0.15) is 35.7 Å². The molecule has 1 fully saturated rings. The van der Waals surface area contributed by atoms with E-state index in [2.05, 4.69) is 0 Å². The number of piperidine rings is 1. The summed E-state index contributed by atoms with van der Waals surface area (Å²) in [5, 5.41) is 0. The Hall–Kier alpha value is -1.68. The lowest BCUT2D eigenvalue weighted by atomic mass is 9.93. The van der Waals surface area contributed by atoms with Gasteiger partial charge in [0.05, 0.1) is 0 Å². The van der Waals surface area contributed by atoms with Crippen molar-refractivity contribution in [3.05, 3.63) is 35.4 Å². The van der Waals surface area contributed by atoms with Crippen molar-refractivity contribution in [1.82, 2.24) is 4.90 Å². The molecule has 0 unspecified atom stereocenters. The zero-order valence-corrected chi connectivity index (χ0v) is 11.3. The van der Waals surface area contributed by atoms with Gasteiger partial charge in [0.2, 0.25) is 0 Å². The summed E-state index contributed by atoms with van der Waals surface area (Å²) in [5.74, 6) is 0.411. The van der Waals surface area contributed by atoms with Crippen molar-refractivity contribution in [2.45, 2.75) is 26.3 Å². The first kappa shape index (κ1) is 13.7. The number of carbonyl (C=O) groups is 2. The van der Waals surface area contributed by atoms with Gasteiger partial charge in [-0.15, -0.1) is 0 Å². The van der Waals surface area contributed by atoms with Gasteiger partial charge >= 0.3 is 0 Å². The van der Waals surface area contributed by atoms with Crippen LogP contribution in [0.15, 0.2) is 24.3 Å². The molecule has 1 heterocycles. The first-order valence-electron chi connectivity index (χ1n) is 6.70. The van der Waals surface area contributed by atoms with E-state index in [0.717, 1.165) is 18.4 Å². The van der Waals surface area contributed by atoms with Crippen molar-refractivity contribution >= 4 is 11.7 Å². The lowest BCUT2D eigenvalue weighted by Gasteiger charge is -2.31. The molecule has 1 amide bonds. The fraction of sp³-hybridized carbons (Fsp3) is 0.467. The van der Waals surface area contributed by atoms with Crippen LogP contribution in [0.3, 0.4) is 0 Å². The fourth-order valence-corrected chi connectivity index (χ4v) is 2.46. The van der Waals surface area contributed by atoms with E-state index >= 15 is 0 Å². The molecular formula is C15H20N2O2. The van der Waals surface area contributed by atoms with Crippen molar-refractivity contribution in [3.8, 4) is 0 Å². The van der Waals surface area contributed by atoms with Gasteiger partial charge in [-0.05, 0) is 37.5 Å². The molecule has 0 spiro atoms. The van der Waals surface area contributed by atoms with E-state index in [-0.39, 0.29) is 17.6 Å². The molecule has 1 aromatic rings. The average Bonchev–Trinajstić information content (AvgIpc) is 2.46. The molecule has 0 saturated carbocycles. The first-order chi connectivity index (χ1) is 9.11. The number of carbonyl (C=O) groups excluding carboxylic acids is 2. The van der Waals surface area contributed by atoms with Crippen LogP contribution >= 0.6 is 0 Å². The highest BCUT2D eigenvalue weighted by Crippen LogP contribution is 2.19. The van der Waals surface area contributed by atoms with E-state index in [1.54, 1.807) is 6.92 Å². The van der Waals surface area contributed by atoms with Gasteiger partial charge in [-0.25, -0.2) is 0 Å². The Balaban J connectivity index is 1.98. The molecule has 1 aromatic carbocycles. The summed E-state index contributed by atoms with van der Waals surface area (Å²) in [6.45, 7) is 3.45. The smallest absolute Gasteiger partial charge is 0.253 e. The Morgan fingerprint density at radius 1 is 1.21 bits per heavy atom. The lowest BCUT2D eigenvalue weighted by Crippen LogP contribution is -2.39. The van der Waals surface area contributed by atoms with E-state index in [0.29, 0.717) is 25.2 Å². The highest BCUT2D eigenvalue weighted by molar-refractivity contribution is 5.94. The monoisotopic (exact) mass is 260 g/mol. The van der Waals surface area contributed by atoms with E-state index in [1.807, 2.05) is 29.2 Å². The van der Waals surface area contributed by atoms with Gasteiger partial charge in [0.25, 0.3) is 5.91 Å². The zero-order chi connectivity index (χ0) is 13.8. The molecule has 2 N–H and O–H groups in total. The highest BCUT2D eigenvalue weighted by Gasteiger charge is 2.25. The molecule has 19 heavy (non-hydrogen) atoms. The number of benzene rings is 1. The molecule has 0 aromatic heterocycles. The number of hydrogen-bond donors (Lipinski definition) is 1. The molecular weight excluding hydrogens is 240 g/mol. The van der Waals surface area contributed by atoms with Crippen LogP contribution in [0.4, 0.5) is 0 Å². The minimum absolute atomic E-state index is 0.0468. The maximum Gasteiger partial charge on any atom is 0.253 e. The number of Topliss-reactive ketones (excluding diaryl/α,β-unsaturated/α-hetero) is 1. The molecule has 102 valence electrons. The minimum Gasteiger partial charge on any atom is -0.339 e. The molecule has 0 atom stereocenters. The van der Waals surface area contributed by atoms with Gasteiger partial charge in [0.15, 0.2) is 0 Å². The van der Waals surface area contributed by atoms with Crippen molar-refractivity contribution < 1.29 is 9.59 Å². The number of hydrogen-bond acceptors (Lipinski definition) is 3. The molecule has 0 radical (unpaired) electrons. The van der Waals surface area contributed by atoms with Gasteiger partial charge < -0.3 is 10.6 Å². The van der Waals surface area contributed by atoms with Crippen LogP contribution in [0.25, 0.3) is 0 Å². The number of nitrogens with two attached hydrogens (primary N) is 1. The van der Waals surface area contributed by atoms with Crippen molar-refractivity contribution in [2.24, 2.45) is 11.7 Å². The Morgan fingerprint density at radius 3 is 2.26 bits per heavy atom. The number of likely N-dealkylation sites (tertiary alicyclic amines) is 1. The largest absolute Gasteiger partial charge is 0.339 e. The summed E-state index contributed by atoms with van der Waals surface area (Å²) >= 11 is 0. The van der Waals surface area contributed by atoms with Gasteiger partial charge in [0, 0.05) is 31.1 Å². The van der Waals surface area contributed by atoms with Gasteiger partial charge in [-0.1, -0.05) is 12.1 Å². The molecule has 2 rings (SSSR count). The molecule has 0 bridgehead atoms. The van der Waals surface area contributed by atoms with Crippen LogP contribution in [0.5, 0.6) is 0 Å². The van der Waals surface area contributed by atoms with Crippen LogP contribution in [-0.2, 0) is 11.3 Å². The maximum atomic E-state index is 12.3. The van der Waals surface area contributed by atoms with Crippen LogP contribution < -0.4 is 5.73 Å². The first-order valence-corrected chi connectivity index (χ1v) is 6.70. The van der Waals surface area contributed by atoms with E-state index < -0.39 is 0 Å². The normalized spacial score (nSPS) is 16.4. The van der Waals surface area contributed by atoms with E-state index in [9.17, 15) is 9.59 Å². The standard InChI is InChI=1S/C15H20N2O2/c1-11(18)13-6-8-17(9-7-13)15(19)14-4-2-12(10-16)3-5-14/h2-5,13H,6-10,16H2,1H3. The number of rotatable bonds is 3. The van der Waals surface area contributed by atoms with E-state index in [4.69, 9.17) is 5.73 Å². The molecule has 1 aliphatic heterocycles. The SMILES string of the molecule is CC(=O)C1CCN(C(=O)c2ccc(CN)cc2)CC1. The highest BCUT2D eigenvalue weighted by atomic mass is 16.2. The van der Waals surface area contributed by atoms with Crippen LogP contribution in [-0.4, -0.2) is 29.7 Å². The summed E-state index contributed by atoms with van der Waals surface area (Å²) in [6.07, 6.45) is 1.56. The van der Waals surface area contributed by atoms with Crippen molar-refractivity contribution in [2.75, 3.05) is 13.1 Å². The molecule has 1 aliphatic rings. The van der Waals surface area contributed by atoms with E-state index in [1.165, 1.54) is 0 Å². The van der Waals surface area contributed by atoms with Gasteiger partial charge in [-0.2, -0.15) is 0 Å². The van der Waals surface area contributed by atoms with Crippen LogP contribution in [0.2, 0.25) is 0 Å². The van der Waals surface area contributed by atoms with Crippen molar-refractivity contribution in [3.63, 3.8) is 0 Å². The second-order valence-electron chi connectivity index (χ2n) is 5.08. The Bertz CT molecular complexity index is 460. The quantitative estimate of drug-likeness (QED) is 0.897. The lowest BCUT2D eigenvalue weighted by molar-refractivity contribution is -0.121. The fourth-order valence-electron chi connectivity index (χ4n) is 2.46. The van der Waals surface area contributed by atoms with Gasteiger partial charge in [-0.3, -0.25) is 9.59 Å². The van der Waals surface area contributed by atoms with Crippen molar-refractivity contribution in [1.29, 1.82) is 0 Å². The molecule has 0 aliphatic carbocycles. The molecule has 4 heteroatoms. The predicted molar refractivity (Wildman–Crippen MR) is 73.6 cm³/mol. The Kier molecular flexibility index (Phi) is 4.32. The molecule has 1 saturated heterocycles. The summed E-state index contributed by atoms with van der Waals surface area (Å²) in [5.41, 5.74) is 7.25. The second-order valence-corrected chi connectivity index (χ2v) is 5.08. The summed E-state index contributed by atoms with van der Waals surface area (Å²) < 4.78 is 0.